The molecule has 5 fully saturated rings. The number of rotatable bonds is 2. The first-order valence-corrected chi connectivity index (χ1v) is 11.2. The smallest absolute Gasteiger partial charge is 0.201 e. The molecule has 1 aromatic carbocycles. The van der Waals surface area contributed by atoms with Gasteiger partial charge in [-0.3, -0.25) is 0 Å². The van der Waals surface area contributed by atoms with Crippen LogP contribution in [0.3, 0.4) is 0 Å². The third-order valence-corrected chi connectivity index (χ3v) is 7.96. The van der Waals surface area contributed by atoms with Crippen LogP contribution in [-0.2, 0) is 19.2 Å². The Morgan fingerprint density at radius 2 is 1.87 bits per heavy atom. The van der Waals surface area contributed by atoms with E-state index in [9.17, 15) is 0 Å². The van der Waals surface area contributed by atoms with Crippen LogP contribution in [0.2, 0.25) is 0 Å². The lowest BCUT2D eigenvalue weighted by Crippen LogP contribution is -2.69. The highest BCUT2D eigenvalue weighted by Crippen LogP contribution is 2.61. The molecule has 7 nitrogen and oxygen atoms in total. The minimum absolute atomic E-state index is 0.191. The Hall–Kier alpha value is -1.80. The second kappa shape index (κ2) is 6.60. The van der Waals surface area contributed by atoms with E-state index in [1.54, 1.807) is 0 Å². The van der Waals surface area contributed by atoms with E-state index in [0.717, 1.165) is 30.5 Å². The van der Waals surface area contributed by atoms with Crippen LogP contribution in [0.15, 0.2) is 36.5 Å². The van der Waals surface area contributed by atoms with Crippen molar-refractivity contribution in [3.63, 3.8) is 0 Å². The molecule has 1 aromatic heterocycles. The molecule has 0 radical (unpaired) electrons. The molecule has 1 aliphatic carbocycles. The first kappa shape index (κ1) is 18.9. The zero-order valence-electron chi connectivity index (χ0n) is 17.7. The molecule has 1 spiro atoms. The third-order valence-electron chi connectivity index (χ3n) is 7.96. The van der Waals surface area contributed by atoms with Gasteiger partial charge in [-0.2, -0.15) is 0 Å². The highest BCUT2D eigenvalue weighted by molar-refractivity contribution is 5.57. The van der Waals surface area contributed by atoms with Crippen molar-refractivity contribution in [1.29, 1.82) is 0 Å². The molecule has 5 aliphatic rings. The van der Waals surface area contributed by atoms with Gasteiger partial charge in [-0.25, -0.2) is 14.5 Å². The van der Waals surface area contributed by atoms with Crippen molar-refractivity contribution in [2.75, 3.05) is 0 Å². The molecule has 7 heteroatoms. The van der Waals surface area contributed by atoms with Crippen molar-refractivity contribution < 1.29 is 19.2 Å². The molecule has 0 N–H and O–H groups in total. The lowest BCUT2D eigenvalue weighted by Gasteiger charge is -2.60. The van der Waals surface area contributed by atoms with Crippen molar-refractivity contribution >= 4 is 0 Å². The van der Waals surface area contributed by atoms with Crippen LogP contribution in [0.4, 0.5) is 0 Å². The Morgan fingerprint density at radius 1 is 1.03 bits per heavy atom. The number of fused-ring (bicyclic) bond motifs is 2. The van der Waals surface area contributed by atoms with E-state index in [1.165, 1.54) is 6.42 Å². The predicted molar refractivity (Wildman–Crippen MR) is 108 cm³/mol. The lowest BCUT2D eigenvalue weighted by molar-refractivity contribution is -0.574. The largest absolute Gasteiger partial charge is 0.324 e. The Morgan fingerprint density at radius 3 is 2.70 bits per heavy atom. The fourth-order valence-electron chi connectivity index (χ4n) is 6.33. The maximum absolute atomic E-state index is 6.63. The molecule has 4 saturated heterocycles. The van der Waals surface area contributed by atoms with Crippen molar-refractivity contribution in [3.05, 3.63) is 36.5 Å². The van der Waals surface area contributed by atoms with Gasteiger partial charge in [-0.05, 0) is 38.0 Å². The molecule has 7 rings (SSSR count). The van der Waals surface area contributed by atoms with Gasteiger partial charge in [0.1, 0.15) is 5.69 Å². The minimum Gasteiger partial charge on any atom is -0.324 e. The molecule has 0 unspecified atom stereocenters. The summed E-state index contributed by atoms with van der Waals surface area (Å²) in [7, 11) is 0. The molecular formula is C23H29N3O4. The Bertz CT molecular complexity index is 936. The third kappa shape index (κ3) is 2.59. The highest BCUT2D eigenvalue weighted by atomic mass is 17.3. The van der Waals surface area contributed by atoms with Crippen LogP contribution in [0.1, 0.15) is 52.7 Å². The first-order chi connectivity index (χ1) is 14.5. The van der Waals surface area contributed by atoms with Gasteiger partial charge in [0.15, 0.2) is 18.1 Å². The normalized spacial score (nSPS) is 45.0. The average molecular weight is 412 g/mol. The first-order valence-electron chi connectivity index (χ1n) is 11.2. The molecule has 4 aliphatic heterocycles. The number of benzene rings is 1. The SMILES string of the molecule is C[C@H]1[C@H](n2cc(-c3ccccc3)nn2)O[C@@H]2O[C@@]3(C)CC[C@H]4[C@H](C)CC[C@@H]1[C@@]24OO3. The number of hydrogen-bond donors (Lipinski definition) is 0. The molecule has 30 heavy (non-hydrogen) atoms. The number of aromatic nitrogens is 3. The summed E-state index contributed by atoms with van der Waals surface area (Å²) in [5.41, 5.74) is 1.34. The molecule has 2 bridgehead atoms. The number of nitrogens with zero attached hydrogens (tertiary/aromatic N) is 3. The summed E-state index contributed by atoms with van der Waals surface area (Å²) in [5.74, 6) is 0.621. The summed E-state index contributed by atoms with van der Waals surface area (Å²) in [4.78, 5) is 12.1. The maximum Gasteiger partial charge on any atom is 0.201 e. The van der Waals surface area contributed by atoms with E-state index in [0.29, 0.717) is 11.8 Å². The molecule has 8 atom stereocenters. The van der Waals surface area contributed by atoms with Gasteiger partial charge in [-0.15, -0.1) is 5.10 Å². The van der Waals surface area contributed by atoms with E-state index in [-0.39, 0.29) is 18.1 Å². The number of hydrogen-bond acceptors (Lipinski definition) is 6. The van der Waals surface area contributed by atoms with E-state index in [2.05, 4.69) is 24.2 Å². The fraction of sp³-hybridized carbons (Fsp3) is 0.652. The molecule has 5 heterocycles. The lowest BCUT2D eigenvalue weighted by atomic mass is 9.58. The quantitative estimate of drug-likeness (QED) is 0.686. The van der Waals surface area contributed by atoms with Crippen molar-refractivity contribution in [2.24, 2.45) is 23.7 Å². The molecule has 2 aromatic rings. The molecule has 160 valence electrons. The summed E-state index contributed by atoms with van der Waals surface area (Å²) in [6.45, 7) is 6.52. The molecule has 1 saturated carbocycles. The van der Waals surface area contributed by atoms with Gasteiger partial charge < -0.3 is 9.47 Å². The van der Waals surface area contributed by atoms with E-state index < -0.39 is 17.7 Å². The Balaban J connectivity index is 1.38. The summed E-state index contributed by atoms with van der Waals surface area (Å²) >= 11 is 0. The van der Waals surface area contributed by atoms with Gasteiger partial charge in [0.05, 0.1) is 6.20 Å². The minimum atomic E-state index is -0.764. The van der Waals surface area contributed by atoms with Gasteiger partial charge in [0.25, 0.3) is 0 Å². The van der Waals surface area contributed by atoms with Crippen LogP contribution >= 0.6 is 0 Å². The van der Waals surface area contributed by atoms with Gasteiger partial charge in [0, 0.05) is 23.8 Å². The molecular weight excluding hydrogens is 382 g/mol. The standard InChI is InChI=1S/C23H29N3O4/c1-14-9-10-18-15(2)20(26-13-19(24-25-26)16-7-5-4-6-8-16)27-21-23(18)17(14)11-12-22(3,28-21)29-30-23/h4-8,13-15,17-18,20-21H,9-12H2,1-3H3/t14-,15-,17+,18+,20-,21-,22-,23-/m1/s1. The maximum atomic E-state index is 6.63. The van der Waals surface area contributed by atoms with Crippen LogP contribution in [0, 0.1) is 23.7 Å². The summed E-state index contributed by atoms with van der Waals surface area (Å²) < 4.78 is 14.9. The van der Waals surface area contributed by atoms with Gasteiger partial charge in [0.2, 0.25) is 5.79 Å². The zero-order valence-corrected chi connectivity index (χ0v) is 17.7. The highest BCUT2D eigenvalue weighted by Gasteiger charge is 2.69. The second-order valence-corrected chi connectivity index (χ2v) is 9.75. The van der Waals surface area contributed by atoms with E-state index in [4.69, 9.17) is 19.2 Å². The van der Waals surface area contributed by atoms with E-state index in [1.807, 2.05) is 48.1 Å². The van der Waals surface area contributed by atoms with Crippen LogP contribution in [0.25, 0.3) is 11.3 Å². The molecule has 0 amide bonds. The van der Waals surface area contributed by atoms with Crippen molar-refractivity contribution in [1.82, 2.24) is 15.0 Å². The fourth-order valence-corrected chi connectivity index (χ4v) is 6.33. The van der Waals surface area contributed by atoms with Crippen LogP contribution in [0.5, 0.6) is 0 Å². The zero-order chi connectivity index (χ0) is 20.5. The van der Waals surface area contributed by atoms with Crippen molar-refractivity contribution in [2.45, 2.75) is 70.4 Å². The Labute approximate surface area is 176 Å². The summed E-state index contributed by atoms with van der Waals surface area (Å²) in [6, 6.07) is 10.1. The van der Waals surface area contributed by atoms with Crippen LogP contribution < -0.4 is 0 Å². The van der Waals surface area contributed by atoms with E-state index >= 15 is 0 Å². The second-order valence-electron chi connectivity index (χ2n) is 9.75. The topological polar surface area (TPSA) is 67.6 Å². The average Bonchev–Trinajstić information content (AvgIpc) is 3.13. The van der Waals surface area contributed by atoms with Crippen molar-refractivity contribution in [3.8, 4) is 11.3 Å². The summed E-state index contributed by atoms with van der Waals surface area (Å²) in [5, 5.41) is 8.85. The monoisotopic (exact) mass is 411 g/mol. The van der Waals surface area contributed by atoms with Crippen LogP contribution in [-0.4, -0.2) is 32.7 Å². The Kier molecular flexibility index (Phi) is 4.16. The van der Waals surface area contributed by atoms with Gasteiger partial charge in [-0.1, -0.05) is 49.4 Å². The van der Waals surface area contributed by atoms with Gasteiger partial charge >= 0.3 is 0 Å². The number of ether oxygens (including phenoxy) is 2. The predicted octanol–water partition coefficient (Wildman–Crippen LogP) is 4.33. The summed E-state index contributed by atoms with van der Waals surface area (Å²) in [6.07, 6.45) is 5.36.